The highest BCUT2D eigenvalue weighted by atomic mass is 16.5. The number of allylic oxidation sites excluding steroid dienone is 2. The minimum absolute atomic E-state index is 0.0896. The molecular formula is C25H22N2O4. The van der Waals surface area contributed by atoms with Crippen molar-refractivity contribution in [3.05, 3.63) is 66.2 Å². The van der Waals surface area contributed by atoms with Crippen molar-refractivity contribution in [1.29, 1.82) is 0 Å². The molecule has 6 heteroatoms. The zero-order valence-corrected chi connectivity index (χ0v) is 17.0. The summed E-state index contributed by atoms with van der Waals surface area (Å²) in [7, 11) is 1.57. The Morgan fingerprint density at radius 2 is 1.61 bits per heavy atom. The number of amides is 3. The molecule has 6 atom stereocenters. The van der Waals surface area contributed by atoms with Crippen LogP contribution in [0, 0.1) is 35.5 Å². The second-order valence-electron chi connectivity index (χ2n) is 8.90. The largest absolute Gasteiger partial charge is 0.497 e. The zero-order chi connectivity index (χ0) is 21.3. The molecule has 31 heavy (non-hydrogen) atoms. The Kier molecular flexibility index (Phi) is 3.88. The van der Waals surface area contributed by atoms with Crippen LogP contribution in [-0.4, -0.2) is 24.8 Å². The minimum Gasteiger partial charge on any atom is -0.497 e. The van der Waals surface area contributed by atoms with E-state index in [1.165, 1.54) is 4.90 Å². The van der Waals surface area contributed by atoms with Gasteiger partial charge in [0.2, 0.25) is 11.8 Å². The molecule has 4 aliphatic carbocycles. The first kappa shape index (κ1) is 18.4. The molecular weight excluding hydrogens is 392 g/mol. The maximum Gasteiger partial charge on any atom is 0.255 e. The number of ether oxygens (including phenoxy) is 1. The molecule has 2 saturated carbocycles. The molecule has 0 unspecified atom stereocenters. The fourth-order valence-electron chi connectivity index (χ4n) is 5.88. The molecule has 1 N–H and O–H groups in total. The van der Waals surface area contributed by atoms with Crippen molar-refractivity contribution in [3.63, 3.8) is 0 Å². The lowest BCUT2D eigenvalue weighted by atomic mass is 9.63. The second-order valence-corrected chi connectivity index (χ2v) is 8.90. The van der Waals surface area contributed by atoms with Crippen LogP contribution in [0.2, 0.25) is 0 Å². The van der Waals surface area contributed by atoms with Crippen molar-refractivity contribution >= 4 is 29.1 Å². The molecule has 0 radical (unpaired) electrons. The third-order valence-electron chi connectivity index (χ3n) is 7.38. The van der Waals surface area contributed by atoms with Gasteiger partial charge in [-0.25, -0.2) is 0 Å². The molecule has 0 spiro atoms. The lowest BCUT2D eigenvalue weighted by Gasteiger charge is -2.37. The predicted octanol–water partition coefficient (Wildman–Crippen LogP) is 3.51. The summed E-state index contributed by atoms with van der Waals surface area (Å²) in [5.41, 5.74) is 1.62. The first-order valence-electron chi connectivity index (χ1n) is 10.7. The van der Waals surface area contributed by atoms with Crippen LogP contribution >= 0.6 is 0 Å². The van der Waals surface area contributed by atoms with Gasteiger partial charge >= 0.3 is 0 Å². The Labute approximate surface area is 179 Å². The van der Waals surface area contributed by atoms with Crippen LogP contribution in [0.3, 0.4) is 0 Å². The molecule has 0 aromatic heterocycles. The lowest BCUT2D eigenvalue weighted by molar-refractivity contribution is -0.124. The fraction of sp³-hybridized carbons (Fsp3) is 0.320. The van der Waals surface area contributed by atoms with E-state index in [0.717, 1.165) is 6.42 Å². The van der Waals surface area contributed by atoms with Crippen LogP contribution in [0.1, 0.15) is 16.8 Å². The number of hydrogen-bond donors (Lipinski definition) is 1. The van der Waals surface area contributed by atoms with E-state index < -0.39 is 0 Å². The molecule has 1 heterocycles. The summed E-state index contributed by atoms with van der Waals surface area (Å²) in [6.45, 7) is 0. The summed E-state index contributed by atoms with van der Waals surface area (Å²) in [5, 5.41) is 2.84. The Morgan fingerprint density at radius 3 is 2.23 bits per heavy atom. The molecule has 6 nitrogen and oxygen atoms in total. The van der Waals surface area contributed by atoms with Gasteiger partial charge in [0.05, 0.1) is 24.6 Å². The zero-order valence-electron chi connectivity index (χ0n) is 17.0. The van der Waals surface area contributed by atoms with Gasteiger partial charge in [-0.1, -0.05) is 18.2 Å². The molecule has 5 aliphatic rings. The third-order valence-corrected chi connectivity index (χ3v) is 7.38. The standard InChI is InChI=1S/C25H22N2O4/c1-31-16-4-2-3-14(11-16)26-23(28)13-5-7-15(8-6-13)27-24(29)21-17-9-10-18(20-12-19(17)20)22(21)25(27)30/h2-11,17-22H,12H2,1H3,(H,26,28)/t17-,18-,19-,20-,21+,22+/m0/s1. The number of carbonyl (C=O) groups is 3. The Balaban J connectivity index is 1.22. The SMILES string of the molecule is COc1cccc(NC(=O)c2ccc(N3C(=O)[C@@H]4[C@H]5C=C[C@@H]([C@@H]6C[C@@H]56)[C@H]4C3=O)cc2)c1. The Morgan fingerprint density at radius 1 is 0.968 bits per heavy atom. The highest BCUT2D eigenvalue weighted by molar-refractivity contribution is 6.22. The number of anilines is 2. The van der Waals surface area contributed by atoms with Gasteiger partial charge in [-0.05, 0) is 66.5 Å². The van der Waals surface area contributed by atoms with Crippen LogP contribution in [0.15, 0.2) is 60.7 Å². The van der Waals surface area contributed by atoms with Crippen molar-refractivity contribution in [2.24, 2.45) is 35.5 Å². The molecule has 2 aromatic rings. The van der Waals surface area contributed by atoms with Crippen molar-refractivity contribution in [2.75, 3.05) is 17.3 Å². The molecule has 1 saturated heterocycles. The van der Waals surface area contributed by atoms with E-state index in [4.69, 9.17) is 4.74 Å². The molecule has 3 amide bonds. The summed E-state index contributed by atoms with van der Waals surface area (Å²) >= 11 is 0. The Hall–Kier alpha value is -3.41. The number of imide groups is 1. The van der Waals surface area contributed by atoms with E-state index in [-0.39, 0.29) is 41.4 Å². The number of carbonyl (C=O) groups excluding carboxylic acids is 3. The normalized spacial score (nSPS) is 32.0. The van der Waals surface area contributed by atoms with Gasteiger partial charge in [-0.15, -0.1) is 0 Å². The van der Waals surface area contributed by atoms with Gasteiger partial charge in [0.25, 0.3) is 5.91 Å². The summed E-state index contributed by atoms with van der Waals surface area (Å²) in [5.74, 6) is 1.33. The van der Waals surface area contributed by atoms with Crippen LogP contribution < -0.4 is 15.0 Å². The summed E-state index contributed by atoms with van der Waals surface area (Å²) in [6.07, 6.45) is 5.48. The van der Waals surface area contributed by atoms with Crippen LogP contribution in [0.5, 0.6) is 5.75 Å². The van der Waals surface area contributed by atoms with E-state index in [1.54, 1.807) is 55.6 Å². The van der Waals surface area contributed by atoms with E-state index in [0.29, 0.717) is 34.5 Å². The fourth-order valence-corrected chi connectivity index (χ4v) is 5.88. The van der Waals surface area contributed by atoms with Gasteiger partial charge < -0.3 is 10.1 Å². The molecule has 7 rings (SSSR count). The smallest absolute Gasteiger partial charge is 0.255 e. The van der Waals surface area contributed by atoms with Gasteiger partial charge in [0, 0.05) is 17.3 Å². The third kappa shape index (κ3) is 2.67. The number of nitrogens with zero attached hydrogens (tertiary/aromatic N) is 1. The maximum atomic E-state index is 13.2. The minimum atomic E-state index is -0.269. The van der Waals surface area contributed by atoms with Gasteiger partial charge in [0.1, 0.15) is 5.75 Å². The van der Waals surface area contributed by atoms with Crippen molar-refractivity contribution < 1.29 is 19.1 Å². The quantitative estimate of drug-likeness (QED) is 0.614. The van der Waals surface area contributed by atoms with Gasteiger partial charge in [0.15, 0.2) is 0 Å². The number of methoxy groups -OCH3 is 1. The van der Waals surface area contributed by atoms with E-state index in [2.05, 4.69) is 17.5 Å². The van der Waals surface area contributed by atoms with Gasteiger partial charge in [-0.2, -0.15) is 0 Å². The topological polar surface area (TPSA) is 75.7 Å². The predicted molar refractivity (Wildman–Crippen MR) is 115 cm³/mol. The van der Waals surface area contributed by atoms with Crippen molar-refractivity contribution in [2.45, 2.75) is 6.42 Å². The first-order chi connectivity index (χ1) is 15.1. The van der Waals surface area contributed by atoms with E-state index in [1.807, 2.05) is 0 Å². The molecule has 156 valence electrons. The number of benzene rings is 2. The monoisotopic (exact) mass is 414 g/mol. The lowest BCUT2D eigenvalue weighted by Crippen LogP contribution is -2.40. The van der Waals surface area contributed by atoms with Crippen LogP contribution in [0.4, 0.5) is 11.4 Å². The maximum absolute atomic E-state index is 13.2. The molecule has 1 aliphatic heterocycles. The van der Waals surface area contributed by atoms with Crippen LogP contribution in [0.25, 0.3) is 0 Å². The highest BCUT2D eigenvalue weighted by Crippen LogP contribution is 2.65. The Bertz CT molecular complexity index is 1100. The van der Waals surface area contributed by atoms with E-state index >= 15 is 0 Å². The molecule has 2 bridgehead atoms. The molecule has 2 aromatic carbocycles. The van der Waals surface area contributed by atoms with Gasteiger partial charge in [-0.3, -0.25) is 19.3 Å². The molecule has 3 fully saturated rings. The summed E-state index contributed by atoms with van der Waals surface area (Å²) < 4.78 is 5.18. The van der Waals surface area contributed by atoms with Crippen LogP contribution in [-0.2, 0) is 9.59 Å². The average Bonchev–Trinajstić information content (AvgIpc) is 3.57. The first-order valence-corrected chi connectivity index (χ1v) is 10.7. The van der Waals surface area contributed by atoms with Crippen molar-refractivity contribution in [3.8, 4) is 5.75 Å². The summed E-state index contributed by atoms with van der Waals surface area (Å²) in [6, 6.07) is 13.8. The average molecular weight is 414 g/mol. The number of nitrogens with one attached hydrogen (secondary N) is 1. The number of rotatable bonds is 4. The summed E-state index contributed by atoms with van der Waals surface area (Å²) in [4.78, 5) is 40.4. The van der Waals surface area contributed by atoms with E-state index in [9.17, 15) is 14.4 Å². The van der Waals surface area contributed by atoms with Crippen molar-refractivity contribution in [1.82, 2.24) is 0 Å². The second kappa shape index (κ2) is 6.54. The number of hydrogen-bond acceptors (Lipinski definition) is 4. The highest BCUT2D eigenvalue weighted by Gasteiger charge is 2.67.